The van der Waals surface area contributed by atoms with Gasteiger partial charge < -0.3 is 9.64 Å². The monoisotopic (exact) mass is 506 g/mol. The van der Waals surface area contributed by atoms with Crippen molar-refractivity contribution in [2.24, 2.45) is 5.10 Å². The maximum Gasteiger partial charge on any atom is 0.287 e. The van der Waals surface area contributed by atoms with Crippen molar-refractivity contribution in [3.63, 3.8) is 0 Å². The number of anilines is 1. The fourth-order valence-electron chi connectivity index (χ4n) is 3.77. The molecule has 2 heterocycles. The normalized spacial score (nSPS) is 11.1. The van der Waals surface area contributed by atoms with E-state index < -0.39 is 4.92 Å². The van der Waals surface area contributed by atoms with Gasteiger partial charge in [-0.2, -0.15) is 9.78 Å². The van der Waals surface area contributed by atoms with Gasteiger partial charge >= 0.3 is 0 Å². The van der Waals surface area contributed by atoms with E-state index in [1.54, 1.807) is 30.3 Å². The van der Waals surface area contributed by atoms with Crippen molar-refractivity contribution < 1.29 is 9.66 Å². The molecule has 0 saturated carbocycles. The van der Waals surface area contributed by atoms with Crippen LogP contribution in [0.4, 0.5) is 11.4 Å². The largest absolute Gasteiger partial charge is 0.438 e. The first-order valence-corrected chi connectivity index (χ1v) is 11.6. The van der Waals surface area contributed by atoms with Gasteiger partial charge in [0.1, 0.15) is 11.9 Å². The van der Waals surface area contributed by atoms with Crippen LogP contribution in [0.3, 0.4) is 0 Å². The number of nitrogens with zero attached hydrogens (tertiary/aromatic N) is 6. The van der Waals surface area contributed by atoms with Crippen molar-refractivity contribution in [1.29, 1.82) is 0 Å². The molecule has 0 fully saturated rings. The van der Waals surface area contributed by atoms with Crippen LogP contribution in [0.1, 0.15) is 5.56 Å². The lowest BCUT2D eigenvalue weighted by molar-refractivity contribution is -0.385. The second kappa shape index (κ2) is 10.3. The van der Waals surface area contributed by atoms with E-state index >= 15 is 0 Å². The van der Waals surface area contributed by atoms with Gasteiger partial charge in [-0.05, 0) is 24.3 Å². The zero-order chi connectivity index (χ0) is 26.6. The lowest BCUT2D eigenvalue weighted by Gasteiger charge is -2.15. The quantitative estimate of drug-likeness (QED) is 0.171. The van der Waals surface area contributed by atoms with Crippen LogP contribution in [-0.2, 0) is 0 Å². The summed E-state index contributed by atoms with van der Waals surface area (Å²) in [4.78, 5) is 34.6. The van der Waals surface area contributed by atoms with E-state index in [1.165, 1.54) is 23.0 Å². The highest BCUT2D eigenvalue weighted by atomic mass is 16.6. The Bertz CT molecular complexity index is 1710. The smallest absolute Gasteiger partial charge is 0.287 e. The summed E-state index contributed by atoms with van der Waals surface area (Å²) in [5.74, 6) is 0.981. The molecule has 10 nitrogen and oxygen atoms in total. The van der Waals surface area contributed by atoms with Gasteiger partial charge in [0.2, 0.25) is 5.88 Å². The Balaban J connectivity index is 1.60. The fraction of sp³-hybridized carbons (Fsp3) is 0.0714. The van der Waals surface area contributed by atoms with Crippen molar-refractivity contribution in [2.45, 2.75) is 0 Å². The zero-order valence-electron chi connectivity index (χ0n) is 20.6. The number of fused-ring (bicyclic) bond motifs is 1. The average Bonchev–Trinajstić information content (AvgIpc) is 2.93. The van der Waals surface area contributed by atoms with E-state index in [4.69, 9.17) is 9.72 Å². The summed E-state index contributed by atoms with van der Waals surface area (Å²) in [5, 5.41) is 15.9. The third-order valence-electron chi connectivity index (χ3n) is 5.76. The molecular formula is C28H22N6O4. The van der Waals surface area contributed by atoms with Gasteiger partial charge in [0.05, 0.1) is 22.0 Å². The first-order valence-electron chi connectivity index (χ1n) is 11.6. The summed E-state index contributed by atoms with van der Waals surface area (Å²) in [6, 6.07) is 24.7. The van der Waals surface area contributed by atoms with Gasteiger partial charge in [0.15, 0.2) is 5.82 Å². The molecule has 0 unspecified atom stereocenters. The summed E-state index contributed by atoms with van der Waals surface area (Å²) in [5.41, 5.74) is 2.28. The van der Waals surface area contributed by atoms with Crippen LogP contribution in [0, 0.1) is 10.1 Å². The number of nitro groups is 1. The van der Waals surface area contributed by atoms with Crippen molar-refractivity contribution >= 4 is 28.5 Å². The van der Waals surface area contributed by atoms with E-state index in [0.717, 1.165) is 17.4 Å². The lowest BCUT2D eigenvalue weighted by atomic mass is 10.2. The molecule has 0 radical (unpaired) electrons. The Morgan fingerprint density at radius 3 is 2.47 bits per heavy atom. The van der Waals surface area contributed by atoms with Crippen LogP contribution in [-0.4, -0.2) is 39.9 Å². The molecule has 5 aromatic rings. The summed E-state index contributed by atoms with van der Waals surface area (Å²) >= 11 is 0. The number of rotatable bonds is 7. The predicted molar refractivity (Wildman–Crippen MR) is 146 cm³/mol. The molecule has 0 amide bonds. The van der Waals surface area contributed by atoms with Gasteiger partial charge in [-0.3, -0.25) is 14.9 Å². The van der Waals surface area contributed by atoms with Crippen LogP contribution < -0.4 is 15.2 Å². The van der Waals surface area contributed by atoms with Crippen molar-refractivity contribution in [1.82, 2.24) is 14.6 Å². The van der Waals surface area contributed by atoms with Crippen molar-refractivity contribution in [2.75, 3.05) is 19.0 Å². The summed E-state index contributed by atoms with van der Waals surface area (Å²) in [6.07, 6.45) is 2.65. The minimum Gasteiger partial charge on any atom is -0.438 e. The van der Waals surface area contributed by atoms with E-state index in [0.29, 0.717) is 28.0 Å². The topological polar surface area (TPSA) is 116 Å². The molecule has 0 N–H and O–H groups in total. The minimum atomic E-state index is -0.527. The molecule has 0 aliphatic heterocycles. The minimum absolute atomic E-state index is 0.141. The zero-order valence-corrected chi connectivity index (χ0v) is 20.6. The van der Waals surface area contributed by atoms with Crippen LogP contribution in [0.2, 0.25) is 0 Å². The van der Waals surface area contributed by atoms with Gasteiger partial charge in [0, 0.05) is 49.1 Å². The number of pyridine rings is 1. The van der Waals surface area contributed by atoms with E-state index in [9.17, 15) is 14.9 Å². The van der Waals surface area contributed by atoms with Crippen molar-refractivity contribution in [3.05, 3.63) is 117 Å². The number of ether oxygens (including phenoxy) is 1. The van der Waals surface area contributed by atoms with Gasteiger partial charge in [-0.1, -0.05) is 42.5 Å². The lowest BCUT2D eigenvalue weighted by Crippen LogP contribution is -2.20. The van der Waals surface area contributed by atoms with Crippen LogP contribution >= 0.6 is 0 Å². The maximum atomic E-state index is 13.5. The maximum absolute atomic E-state index is 13.5. The van der Waals surface area contributed by atoms with Crippen LogP contribution in [0.25, 0.3) is 22.3 Å². The second-order valence-corrected chi connectivity index (χ2v) is 8.51. The standard InChI is InChI=1S/C28H22N6O4/c1-32(2)21-13-12-20(25(16-21)38-26-15-14-22(18-29-26)34(36)37)17-30-33-27(19-8-4-3-5-9-19)31-24-11-7-6-10-23(24)28(33)35/h3-18H,1-2H3. The van der Waals surface area contributed by atoms with Gasteiger partial charge in [-0.15, -0.1) is 0 Å². The Hall–Kier alpha value is -5.38. The Morgan fingerprint density at radius 2 is 1.76 bits per heavy atom. The van der Waals surface area contributed by atoms with Gasteiger partial charge in [-0.25, -0.2) is 9.97 Å². The Kier molecular flexibility index (Phi) is 6.60. The highest BCUT2D eigenvalue weighted by Gasteiger charge is 2.14. The molecule has 0 spiro atoms. The molecule has 0 aliphatic carbocycles. The highest BCUT2D eigenvalue weighted by Crippen LogP contribution is 2.29. The third kappa shape index (κ3) is 4.96. The van der Waals surface area contributed by atoms with Gasteiger partial charge in [0.25, 0.3) is 11.2 Å². The molecule has 10 heteroatoms. The number of aromatic nitrogens is 3. The molecular weight excluding hydrogens is 484 g/mol. The first-order chi connectivity index (χ1) is 18.4. The SMILES string of the molecule is CN(C)c1ccc(C=Nn2c(-c3ccccc3)nc3ccccc3c2=O)c(Oc2ccc([N+](=O)[O-])cn2)c1. The third-order valence-corrected chi connectivity index (χ3v) is 5.76. The molecule has 0 aliphatic rings. The highest BCUT2D eigenvalue weighted by molar-refractivity contribution is 5.85. The van der Waals surface area contributed by atoms with E-state index in [-0.39, 0.29) is 17.1 Å². The molecule has 38 heavy (non-hydrogen) atoms. The second-order valence-electron chi connectivity index (χ2n) is 8.51. The number of para-hydroxylation sites is 1. The summed E-state index contributed by atoms with van der Waals surface area (Å²) < 4.78 is 7.25. The Labute approximate surface area is 217 Å². The summed E-state index contributed by atoms with van der Waals surface area (Å²) in [6.45, 7) is 0. The Morgan fingerprint density at radius 1 is 1.00 bits per heavy atom. The number of hydrogen-bond acceptors (Lipinski definition) is 8. The van der Waals surface area contributed by atoms with E-state index in [2.05, 4.69) is 10.1 Å². The molecule has 0 saturated heterocycles. The molecule has 0 atom stereocenters. The van der Waals surface area contributed by atoms with Crippen LogP contribution in [0.15, 0.2) is 101 Å². The molecule has 0 bridgehead atoms. The average molecular weight is 507 g/mol. The number of hydrogen-bond donors (Lipinski definition) is 0. The molecule has 2 aromatic heterocycles. The number of benzene rings is 3. The fourth-order valence-corrected chi connectivity index (χ4v) is 3.77. The molecule has 188 valence electrons. The van der Waals surface area contributed by atoms with E-state index in [1.807, 2.05) is 61.5 Å². The summed E-state index contributed by atoms with van der Waals surface area (Å²) in [7, 11) is 3.78. The van der Waals surface area contributed by atoms with Crippen LogP contribution in [0.5, 0.6) is 11.6 Å². The van der Waals surface area contributed by atoms with Crippen molar-refractivity contribution in [3.8, 4) is 23.0 Å². The molecule has 3 aromatic carbocycles. The first kappa shape index (κ1) is 24.3. The molecule has 5 rings (SSSR count). The predicted octanol–water partition coefficient (Wildman–Crippen LogP) is 5.11.